The Hall–Kier alpha value is -0.790. The van der Waals surface area contributed by atoms with Gasteiger partial charge in [-0.2, -0.15) is 5.10 Å². The molecule has 0 amide bonds. The van der Waals surface area contributed by atoms with Gasteiger partial charge in [0.05, 0.1) is 5.54 Å². The average molecular weight is 214 g/mol. The summed E-state index contributed by atoms with van der Waals surface area (Å²) in [5.41, 5.74) is 0.128. The fourth-order valence-corrected chi connectivity index (χ4v) is 0.666. The van der Waals surface area contributed by atoms with Crippen LogP contribution in [0.3, 0.4) is 0 Å². The van der Waals surface area contributed by atoms with Gasteiger partial charge in [0.15, 0.2) is 0 Å². The van der Waals surface area contributed by atoms with Gasteiger partial charge in [0.25, 0.3) is 0 Å². The third-order valence-electron chi connectivity index (χ3n) is 1.19. The fourth-order valence-electron chi connectivity index (χ4n) is 0.666. The molecule has 1 aromatic heterocycles. The SMILES string of the molecule is CC.CC.CC.CC(C)(C)n1cccn1. The van der Waals surface area contributed by atoms with Crippen molar-refractivity contribution in [2.45, 2.75) is 67.9 Å². The molecule has 0 aliphatic rings. The summed E-state index contributed by atoms with van der Waals surface area (Å²) in [4.78, 5) is 0. The van der Waals surface area contributed by atoms with Crippen LogP contribution in [-0.4, -0.2) is 9.78 Å². The molecule has 0 bridgehead atoms. The monoisotopic (exact) mass is 214 g/mol. The highest BCUT2D eigenvalue weighted by Gasteiger charge is 2.10. The molecule has 15 heavy (non-hydrogen) atoms. The van der Waals surface area contributed by atoms with Crippen LogP contribution in [0.4, 0.5) is 0 Å². The Morgan fingerprint density at radius 3 is 1.40 bits per heavy atom. The smallest absolute Gasteiger partial charge is 0.0543 e. The fraction of sp³-hybridized carbons (Fsp3) is 0.769. The van der Waals surface area contributed by atoms with Crippen molar-refractivity contribution < 1.29 is 0 Å². The minimum absolute atomic E-state index is 0.128. The molecule has 0 N–H and O–H groups in total. The highest BCUT2D eigenvalue weighted by atomic mass is 15.3. The standard InChI is InChI=1S/C7H12N2.3C2H6/c1-7(2,3)9-6-4-5-8-9;3*1-2/h4-6H,1-3H3;3*1-2H3. The Labute approximate surface area is 96.7 Å². The van der Waals surface area contributed by atoms with Gasteiger partial charge in [-0.05, 0) is 26.8 Å². The van der Waals surface area contributed by atoms with Crippen molar-refractivity contribution >= 4 is 0 Å². The summed E-state index contributed by atoms with van der Waals surface area (Å²) >= 11 is 0. The number of rotatable bonds is 0. The van der Waals surface area contributed by atoms with E-state index in [1.807, 2.05) is 58.5 Å². The van der Waals surface area contributed by atoms with Crippen molar-refractivity contribution in [1.29, 1.82) is 0 Å². The van der Waals surface area contributed by atoms with Crippen molar-refractivity contribution in [2.24, 2.45) is 0 Å². The summed E-state index contributed by atoms with van der Waals surface area (Å²) in [6.07, 6.45) is 3.77. The number of nitrogens with zero attached hydrogens (tertiary/aromatic N) is 2. The van der Waals surface area contributed by atoms with Gasteiger partial charge >= 0.3 is 0 Å². The van der Waals surface area contributed by atoms with Crippen LogP contribution in [0.1, 0.15) is 62.3 Å². The highest BCUT2D eigenvalue weighted by Crippen LogP contribution is 2.09. The molecule has 92 valence electrons. The molecule has 0 saturated heterocycles. The molecular weight excluding hydrogens is 184 g/mol. The molecular formula is C13H30N2. The molecule has 0 aliphatic carbocycles. The van der Waals surface area contributed by atoms with E-state index < -0.39 is 0 Å². The third-order valence-corrected chi connectivity index (χ3v) is 1.19. The van der Waals surface area contributed by atoms with E-state index in [0.717, 1.165) is 0 Å². The van der Waals surface area contributed by atoms with Crippen LogP contribution >= 0.6 is 0 Å². The van der Waals surface area contributed by atoms with E-state index in [4.69, 9.17) is 0 Å². The average Bonchev–Trinajstić information content (AvgIpc) is 2.79. The summed E-state index contributed by atoms with van der Waals surface area (Å²) in [6, 6.07) is 1.94. The van der Waals surface area contributed by atoms with E-state index in [0.29, 0.717) is 0 Å². The molecule has 1 rings (SSSR count). The van der Waals surface area contributed by atoms with E-state index >= 15 is 0 Å². The largest absolute Gasteiger partial charge is 0.268 e. The molecule has 0 spiro atoms. The van der Waals surface area contributed by atoms with E-state index in [1.54, 1.807) is 6.20 Å². The lowest BCUT2D eigenvalue weighted by molar-refractivity contribution is 0.355. The van der Waals surface area contributed by atoms with Crippen molar-refractivity contribution in [1.82, 2.24) is 9.78 Å². The zero-order valence-corrected chi connectivity index (χ0v) is 12.1. The van der Waals surface area contributed by atoms with Gasteiger partial charge < -0.3 is 0 Å². The normalized spacial score (nSPS) is 8.33. The van der Waals surface area contributed by atoms with Crippen LogP contribution in [-0.2, 0) is 5.54 Å². The first kappa shape index (κ1) is 19.7. The Kier molecular flexibility index (Phi) is 17.4. The molecule has 0 unspecified atom stereocenters. The zero-order valence-electron chi connectivity index (χ0n) is 12.1. The minimum Gasteiger partial charge on any atom is -0.268 e. The van der Waals surface area contributed by atoms with Crippen LogP contribution in [0.25, 0.3) is 0 Å². The lowest BCUT2D eigenvalue weighted by Gasteiger charge is -2.18. The summed E-state index contributed by atoms with van der Waals surface area (Å²) in [5.74, 6) is 0. The van der Waals surface area contributed by atoms with Crippen molar-refractivity contribution in [2.75, 3.05) is 0 Å². The third kappa shape index (κ3) is 11.1. The maximum absolute atomic E-state index is 4.10. The molecule has 0 aliphatic heterocycles. The maximum atomic E-state index is 4.10. The predicted octanol–water partition coefficient (Wildman–Crippen LogP) is 4.72. The van der Waals surface area contributed by atoms with Crippen LogP contribution in [0.2, 0.25) is 0 Å². The van der Waals surface area contributed by atoms with E-state index in [9.17, 15) is 0 Å². The Morgan fingerprint density at radius 1 is 0.867 bits per heavy atom. The van der Waals surface area contributed by atoms with Gasteiger partial charge in [0.2, 0.25) is 0 Å². The van der Waals surface area contributed by atoms with Crippen molar-refractivity contribution in [3.05, 3.63) is 18.5 Å². The highest BCUT2D eigenvalue weighted by molar-refractivity contribution is 4.83. The van der Waals surface area contributed by atoms with Crippen molar-refractivity contribution in [3.63, 3.8) is 0 Å². The molecule has 0 aromatic carbocycles. The number of hydrogen-bond donors (Lipinski definition) is 0. The zero-order chi connectivity index (χ0) is 12.9. The van der Waals surface area contributed by atoms with Gasteiger partial charge in [0.1, 0.15) is 0 Å². The second-order valence-electron chi connectivity index (χ2n) is 3.12. The lowest BCUT2D eigenvalue weighted by Crippen LogP contribution is -2.21. The Bertz CT molecular complexity index is 171. The van der Waals surface area contributed by atoms with Gasteiger partial charge in [-0.15, -0.1) is 0 Å². The van der Waals surface area contributed by atoms with E-state index in [1.165, 1.54) is 0 Å². The number of aromatic nitrogens is 2. The summed E-state index contributed by atoms with van der Waals surface area (Å²) in [6.45, 7) is 18.4. The van der Waals surface area contributed by atoms with E-state index in [-0.39, 0.29) is 5.54 Å². The van der Waals surface area contributed by atoms with Crippen molar-refractivity contribution in [3.8, 4) is 0 Å². The predicted molar refractivity (Wildman–Crippen MR) is 71.3 cm³/mol. The molecule has 0 radical (unpaired) electrons. The van der Waals surface area contributed by atoms with Gasteiger partial charge in [-0.25, -0.2) is 0 Å². The molecule has 0 saturated carbocycles. The van der Waals surface area contributed by atoms with Gasteiger partial charge in [0, 0.05) is 12.4 Å². The second kappa shape index (κ2) is 13.2. The first-order chi connectivity index (χ1) is 7.11. The molecule has 1 heterocycles. The Morgan fingerprint density at radius 2 is 1.27 bits per heavy atom. The van der Waals surface area contributed by atoms with Crippen LogP contribution < -0.4 is 0 Å². The van der Waals surface area contributed by atoms with Crippen LogP contribution in [0.15, 0.2) is 18.5 Å². The summed E-state index contributed by atoms with van der Waals surface area (Å²) in [7, 11) is 0. The first-order valence-corrected chi connectivity index (χ1v) is 6.11. The lowest BCUT2D eigenvalue weighted by atomic mass is 10.1. The summed E-state index contributed by atoms with van der Waals surface area (Å²) in [5, 5.41) is 4.10. The molecule has 2 heteroatoms. The number of hydrogen-bond acceptors (Lipinski definition) is 1. The van der Waals surface area contributed by atoms with Crippen LogP contribution in [0.5, 0.6) is 0 Å². The Balaban J connectivity index is -0.000000208. The second-order valence-corrected chi connectivity index (χ2v) is 3.12. The molecule has 0 fully saturated rings. The molecule has 1 aromatic rings. The van der Waals surface area contributed by atoms with Gasteiger partial charge in [-0.3, -0.25) is 4.68 Å². The van der Waals surface area contributed by atoms with Gasteiger partial charge in [-0.1, -0.05) is 41.5 Å². The maximum Gasteiger partial charge on any atom is 0.0543 e. The first-order valence-electron chi connectivity index (χ1n) is 6.11. The molecule has 0 atom stereocenters. The quantitative estimate of drug-likeness (QED) is 0.611. The minimum atomic E-state index is 0.128. The van der Waals surface area contributed by atoms with E-state index in [2.05, 4.69) is 25.9 Å². The molecule has 2 nitrogen and oxygen atoms in total. The summed E-state index contributed by atoms with van der Waals surface area (Å²) < 4.78 is 1.94. The topological polar surface area (TPSA) is 17.8 Å². The van der Waals surface area contributed by atoms with Crippen LogP contribution in [0, 0.1) is 0 Å².